The molecule has 0 aliphatic carbocycles. The molecule has 2 fully saturated rings. The van der Waals surface area contributed by atoms with Gasteiger partial charge in [0.2, 0.25) is 0 Å². The zero-order valence-corrected chi connectivity index (χ0v) is 17.8. The standard InChI is InChI=1S/C24H27N3O4/c1-17(2)27-22(29)24(25-23(27)30)12-14-26(15-13-24)21(28)19-8-10-20(11-9-19)31-16-18-6-4-3-5-7-18/h3-11,17H,12-16H2,1-2H3,(H,25,30). The number of carbonyl (C=O) groups is 3. The van der Waals surface area contributed by atoms with Gasteiger partial charge in [0, 0.05) is 24.7 Å². The summed E-state index contributed by atoms with van der Waals surface area (Å²) in [6, 6.07) is 16.5. The van der Waals surface area contributed by atoms with Gasteiger partial charge < -0.3 is 15.0 Å². The second-order valence-electron chi connectivity index (χ2n) is 8.37. The van der Waals surface area contributed by atoms with Crippen molar-refractivity contribution in [2.24, 2.45) is 0 Å². The maximum absolute atomic E-state index is 12.9. The quantitative estimate of drug-likeness (QED) is 0.752. The minimum atomic E-state index is -0.882. The number of piperidine rings is 1. The van der Waals surface area contributed by atoms with Gasteiger partial charge in [0.25, 0.3) is 11.8 Å². The molecule has 0 aromatic heterocycles. The molecule has 7 nitrogen and oxygen atoms in total. The summed E-state index contributed by atoms with van der Waals surface area (Å²) in [6.07, 6.45) is 0.843. The van der Waals surface area contributed by atoms with Gasteiger partial charge in [-0.25, -0.2) is 4.79 Å². The number of hydrogen-bond donors (Lipinski definition) is 1. The number of ether oxygens (including phenoxy) is 1. The number of urea groups is 1. The maximum atomic E-state index is 12.9. The first-order valence-corrected chi connectivity index (χ1v) is 10.6. The van der Waals surface area contributed by atoms with E-state index in [9.17, 15) is 14.4 Å². The number of amides is 4. The van der Waals surface area contributed by atoms with Gasteiger partial charge in [-0.05, 0) is 56.5 Å². The SMILES string of the molecule is CC(C)N1C(=O)NC2(CCN(C(=O)c3ccc(OCc4ccccc4)cc3)CC2)C1=O. The van der Waals surface area contributed by atoms with E-state index in [0.717, 1.165) is 5.56 Å². The fraction of sp³-hybridized carbons (Fsp3) is 0.375. The van der Waals surface area contributed by atoms with E-state index in [1.165, 1.54) is 4.90 Å². The zero-order chi connectivity index (χ0) is 22.0. The Labute approximate surface area is 182 Å². The molecular formula is C24H27N3O4. The maximum Gasteiger partial charge on any atom is 0.325 e. The van der Waals surface area contributed by atoms with Crippen LogP contribution in [-0.4, -0.2) is 52.3 Å². The Bertz CT molecular complexity index is 964. The third-order valence-electron chi connectivity index (χ3n) is 5.96. The van der Waals surface area contributed by atoms with Gasteiger partial charge in [-0.3, -0.25) is 14.5 Å². The van der Waals surface area contributed by atoms with E-state index >= 15 is 0 Å². The predicted molar refractivity (Wildman–Crippen MR) is 116 cm³/mol. The molecule has 4 rings (SSSR count). The predicted octanol–water partition coefficient (Wildman–Crippen LogP) is 3.20. The van der Waals surface area contributed by atoms with Gasteiger partial charge in [0.05, 0.1) is 0 Å². The molecule has 1 N–H and O–H groups in total. The highest BCUT2D eigenvalue weighted by atomic mass is 16.5. The van der Waals surface area contributed by atoms with E-state index in [1.54, 1.807) is 29.2 Å². The summed E-state index contributed by atoms with van der Waals surface area (Å²) in [4.78, 5) is 41.0. The van der Waals surface area contributed by atoms with Crippen molar-refractivity contribution in [3.63, 3.8) is 0 Å². The van der Waals surface area contributed by atoms with Crippen molar-refractivity contribution in [3.8, 4) is 5.75 Å². The van der Waals surface area contributed by atoms with Crippen molar-refractivity contribution in [2.45, 2.75) is 44.9 Å². The minimum Gasteiger partial charge on any atom is -0.489 e. The Hall–Kier alpha value is -3.35. The van der Waals surface area contributed by atoms with Crippen LogP contribution in [0, 0.1) is 0 Å². The Morgan fingerprint density at radius 2 is 1.68 bits per heavy atom. The topological polar surface area (TPSA) is 79.0 Å². The van der Waals surface area contributed by atoms with Crippen molar-refractivity contribution in [1.82, 2.24) is 15.1 Å². The third-order valence-corrected chi connectivity index (χ3v) is 5.96. The Morgan fingerprint density at radius 1 is 1.03 bits per heavy atom. The third kappa shape index (κ3) is 4.13. The number of nitrogens with zero attached hydrogens (tertiary/aromatic N) is 2. The largest absolute Gasteiger partial charge is 0.489 e. The summed E-state index contributed by atoms with van der Waals surface area (Å²) < 4.78 is 5.78. The van der Waals surface area contributed by atoms with E-state index < -0.39 is 5.54 Å². The first-order valence-electron chi connectivity index (χ1n) is 10.6. The summed E-state index contributed by atoms with van der Waals surface area (Å²) in [5.41, 5.74) is 0.774. The number of rotatable bonds is 5. The fourth-order valence-electron chi connectivity index (χ4n) is 4.16. The molecule has 2 saturated heterocycles. The van der Waals surface area contributed by atoms with Crippen LogP contribution in [0.15, 0.2) is 54.6 Å². The summed E-state index contributed by atoms with van der Waals surface area (Å²) >= 11 is 0. The monoisotopic (exact) mass is 421 g/mol. The molecule has 7 heteroatoms. The molecule has 0 saturated carbocycles. The molecule has 2 aliphatic heterocycles. The van der Waals surface area contributed by atoms with E-state index in [1.807, 2.05) is 44.2 Å². The Balaban J connectivity index is 1.35. The van der Waals surface area contributed by atoms with Crippen molar-refractivity contribution >= 4 is 17.8 Å². The van der Waals surface area contributed by atoms with Crippen molar-refractivity contribution in [2.75, 3.05) is 13.1 Å². The van der Waals surface area contributed by atoms with Crippen LogP contribution in [0.1, 0.15) is 42.6 Å². The van der Waals surface area contributed by atoms with E-state index in [4.69, 9.17) is 4.74 Å². The number of imide groups is 1. The molecule has 0 bridgehead atoms. The molecule has 2 heterocycles. The summed E-state index contributed by atoms with van der Waals surface area (Å²) in [6.45, 7) is 4.95. The minimum absolute atomic E-state index is 0.0815. The van der Waals surface area contributed by atoms with E-state index in [-0.39, 0.29) is 23.9 Å². The van der Waals surface area contributed by atoms with Gasteiger partial charge in [-0.1, -0.05) is 30.3 Å². The van der Waals surface area contributed by atoms with Crippen LogP contribution in [0.3, 0.4) is 0 Å². The highest BCUT2D eigenvalue weighted by Crippen LogP contribution is 2.31. The van der Waals surface area contributed by atoms with Gasteiger partial charge >= 0.3 is 6.03 Å². The summed E-state index contributed by atoms with van der Waals surface area (Å²) in [7, 11) is 0. The smallest absolute Gasteiger partial charge is 0.325 e. The van der Waals surface area contributed by atoms with Crippen LogP contribution in [0.4, 0.5) is 4.79 Å². The molecule has 2 aromatic carbocycles. The zero-order valence-electron chi connectivity index (χ0n) is 17.8. The average molecular weight is 421 g/mol. The van der Waals surface area contributed by atoms with Crippen LogP contribution in [0.2, 0.25) is 0 Å². The second-order valence-corrected chi connectivity index (χ2v) is 8.37. The second kappa shape index (κ2) is 8.41. The molecular weight excluding hydrogens is 394 g/mol. The molecule has 1 spiro atoms. The molecule has 2 aromatic rings. The molecule has 4 amide bonds. The van der Waals surface area contributed by atoms with E-state index in [2.05, 4.69) is 5.32 Å². The molecule has 0 radical (unpaired) electrons. The fourth-order valence-corrected chi connectivity index (χ4v) is 4.16. The number of nitrogens with one attached hydrogen (secondary N) is 1. The van der Waals surface area contributed by atoms with Gasteiger partial charge in [0.1, 0.15) is 17.9 Å². The van der Waals surface area contributed by atoms with Crippen molar-refractivity contribution < 1.29 is 19.1 Å². The lowest BCUT2D eigenvalue weighted by molar-refractivity contribution is -0.133. The lowest BCUT2D eigenvalue weighted by Crippen LogP contribution is -2.56. The molecule has 2 aliphatic rings. The van der Waals surface area contributed by atoms with Crippen LogP contribution in [0.5, 0.6) is 5.75 Å². The number of likely N-dealkylation sites (tertiary alicyclic amines) is 1. The van der Waals surface area contributed by atoms with Crippen LogP contribution in [0.25, 0.3) is 0 Å². The van der Waals surface area contributed by atoms with Crippen molar-refractivity contribution in [1.29, 1.82) is 0 Å². The highest BCUT2D eigenvalue weighted by Gasteiger charge is 2.53. The normalized spacial score (nSPS) is 17.9. The average Bonchev–Trinajstić information content (AvgIpc) is 3.02. The Morgan fingerprint density at radius 3 is 2.26 bits per heavy atom. The molecule has 0 unspecified atom stereocenters. The molecule has 31 heavy (non-hydrogen) atoms. The number of hydrogen-bond acceptors (Lipinski definition) is 4. The number of carbonyl (C=O) groups excluding carboxylic acids is 3. The molecule has 0 atom stereocenters. The summed E-state index contributed by atoms with van der Waals surface area (Å²) in [5.74, 6) is 0.438. The first-order chi connectivity index (χ1) is 14.9. The van der Waals surface area contributed by atoms with Crippen LogP contribution >= 0.6 is 0 Å². The van der Waals surface area contributed by atoms with Crippen molar-refractivity contribution in [3.05, 3.63) is 65.7 Å². The lowest BCUT2D eigenvalue weighted by Gasteiger charge is -2.37. The van der Waals surface area contributed by atoms with Crippen LogP contribution in [-0.2, 0) is 11.4 Å². The lowest BCUT2D eigenvalue weighted by atomic mass is 9.87. The number of benzene rings is 2. The molecule has 162 valence electrons. The summed E-state index contributed by atoms with van der Waals surface area (Å²) in [5, 5.41) is 2.87. The van der Waals surface area contributed by atoms with Gasteiger partial charge in [-0.15, -0.1) is 0 Å². The Kier molecular flexibility index (Phi) is 5.67. The van der Waals surface area contributed by atoms with Gasteiger partial charge in [-0.2, -0.15) is 0 Å². The van der Waals surface area contributed by atoms with Crippen LogP contribution < -0.4 is 10.1 Å². The van der Waals surface area contributed by atoms with E-state index in [0.29, 0.717) is 43.9 Å². The first kappa shape index (κ1) is 20.9. The highest BCUT2D eigenvalue weighted by molar-refractivity contribution is 6.07. The van der Waals surface area contributed by atoms with Gasteiger partial charge in [0.15, 0.2) is 0 Å².